The van der Waals surface area contributed by atoms with E-state index in [0.29, 0.717) is 6.54 Å². The number of hydrogen-bond donors (Lipinski definition) is 2. The van der Waals surface area contributed by atoms with Crippen LogP contribution < -0.4 is 5.32 Å². The Morgan fingerprint density at radius 2 is 1.87 bits per heavy atom. The first-order valence-corrected chi connectivity index (χ1v) is 6.97. The Balaban J connectivity index is 3.38. The van der Waals surface area contributed by atoms with E-state index in [0.717, 1.165) is 17.4 Å². The summed E-state index contributed by atoms with van der Waals surface area (Å²) in [7, 11) is 0. The Morgan fingerprint density at radius 1 is 1.27 bits per heavy atom. The zero-order valence-corrected chi connectivity index (χ0v) is 11.7. The zero-order chi connectivity index (χ0) is 11.9. The topological polar surface area (TPSA) is 32.3 Å². The van der Waals surface area contributed by atoms with Crippen LogP contribution in [0.25, 0.3) is 0 Å². The molecule has 0 bridgehead atoms. The lowest BCUT2D eigenvalue weighted by atomic mass is 10.1. The molecule has 0 aromatic rings. The summed E-state index contributed by atoms with van der Waals surface area (Å²) in [6, 6.07) is 0. The van der Waals surface area contributed by atoms with E-state index in [1.54, 1.807) is 0 Å². The molecule has 92 valence electrons. The number of hydrogen-bond acceptors (Lipinski definition) is 3. The van der Waals surface area contributed by atoms with Crippen molar-refractivity contribution in [2.45, 2.75) is 52.7 Å². The monoisotopic (exact) mass is 233 g/mol. The molecule has 0 aliphatic rings. The molecule has 0 rings (SSSR count). The van der Waals surface area contributed by atoms with Gasteiger partial charge >= 0.3 is 0 Å². The first-order chi connectivity index (χ1) is 6.81. The van der Waals surface area contributed by atoms with Gasteiger partial charge < -0.3 is 10.4 Å². The van der Waals surface area contributed by atoms with Crippen molar-refractivity contribution in [2.24, 2.45) is 5.92 Å². The van der Waals surface area contributed by atoms with E-state index in [1.165, 1.54) is 6.42 Å². The lowest BCUT2D eigenvalue weighted by Crippen LogP contribution is -2.41. The minimum Gasteiger partial charge on any atom is -0.391 e. The molecule has 0 aromatic carbocycles. The summed E-state index contributed by atoms with van der Waals surface area (Å²) in [6.07, 6.45) is 1.02. The van der Waals surface area contributed by atoms with E-state index >= 15 is 0 Å². The third-order valence-electron chi connectivity index (χ3n) is 2.02. The zero-order valence-electron chi connectivity index (χ0n) is 10.8. The van der Waals surface area contributed by atoms with Gasteiger partial charge in [-0.2, -0.15) is 11.8 Å². The number of rotatable bonds is 7. The highest BCUT2D eigenvalue weighted by atomic mass is 32.2. The summed E-state index contributed by atoms with van der Waals surface area (Å²) in [6.45, 7) is 11.5. The quantitative estimate of drug-likeness (QED) is 0.663. The smallest absolute Gasteiger partial charge is 0.0755 e. The third-order valence-corrected chi connectivity index (χ3v) is 3.16. The highest BCUT2D eigenvalue weighted by molar-refractivity contribution is 7.99. The molecule has 0 spiro atoms. The molecule has 0 heterocycles. The number of aliphatic hydroxyl groups is 1. The van der Waals surface area contributed by atoms with Crippen LogP contribution in [0.2, 0.25) is 0 Å². The van der Waals surface area contributed by atoms with Crippen LogP contribution in [0, 0.1) is 5.92 Å². The molecule has 0 saturated heterocycles. The SMILES string of the molecule is CC(C)CCSCC(O)CNC(C)(C)C. The minimum absolute atomic E-state index is 0.101. The van der Waals surface area contributed by atoms with Crippen LogP contribution >= 0.6 is 11.8 Å². The fourth-order valence-corrected chi connectivity index (χ4v) is 2.22. The summed E-state index contributed by atoms with van der Waals surface area (Å²) in [5.74, 6) is 2.77. The van der Waals surface area contributed by atoms with Crippen LogP contribution in [0.5, 0.6) is 0 Å². The molecule has 1 atom stereocenters. The van der Waals surface area contributed by atoms with Gasteiger partial charge in [0, 0.05) is 17.8 Å². The molecular weight excluding hydrogens is 206 g/mol. The molecule has 15 heavy (non-hydrogen) atoms. The second-order valence-corrected chi connectivity index (χ2v) is 6.69. The fraction of sp³-hybridized carbons (Fsp3) is 1.00. The van der Waals surface area contributed by atoms with Gasteiger partial charge in [0.15, 0.2) is 0 Å². The lowest BCUT2D eigenvalue weighted by Gasteiger charge is -2.22. The van der Waals surface area contributed by atoms with Crippen LogP contribution in [-0.4, -0.2) is 34.8 Å². The lowest BCUT2D eigenvalue weighted by molar-refractivity contribution is 0.183. The summed E-state index contributed by atoms with van der Waals surface area (Å²) in [4.78, 5) is 0. The van der Waals surface area contributed by atoms with Crippen molar-refractivity contribution >= 4 is 11.8 Å². The van der Waals surface area contributed by atoms with E-state index < -0.39 is 0 Å². The normalized spacial score (nSPS) is 14.6. The molecule has 2 nitrogen and oxygen atoms in total. The largest absolute Gasteiger partial charge is 0.391 e. The highest BCUT2D eigenvalue weighted by Gasteiger charge is 2.11. The second kappa shape index (κ2) is 7.53. The maximum Gasteiger partial charge on any atom is 0.0755 e. The van der Waals surface area contributed by atoms with Gasteiger partial charge in [-0.05, 0) is 38.9 Å². The van der Waals surface area contributed by atoms with Crippen LogP contribution in [0.1, 0.15) is 41.0 Å². The van der Waals surface area contributed by atoms with Gasteiger partial charge in [0.05, 0.1) is 6.10 Å². The van der Waals surface area contributed by atoms with Gasteiger partial charge in [0.25, 0.3) is 0 Å². The van der Waals surface area contributed by atoms with Crippen molar-refractivity contribution in [2.75, 3.05) is 18.1 Å². The molecule has 2 N–H and O–H groups in total. The van der Waals surface area contributed by atoms with E-state index in [-0.39, 0.29) is 11.6 Å². The predicted octanol–water partition coefficient (Wildman–Crippen LogP) is 2.51. The van der Waals surface area contributed by atoms with Crippen molar-refractivity contribution in [3.63, 3.8) is 0 Å². The van der Waals surface area contributed by atoms with Crippen LogP contribution in [0.15, 0.2) is 0 Å². The molecule has 1 unspecified atom stereocenters. The Kier molecular flexibility index (Phi) is 7.66. The molecule has 0 aromatic heterocycles. The second-order valence-electron chi connectivity index (χ2n) is 5.54. The molecular formula is C12H27NOS. The van der Waals surface area contributed by atoms with E-state index in [2.05, 4.69) is 39.9 Å². The van der Waals surface area contributed by atoms with Crippen molar-refractivity contribution in [3.8, 4) is 0 Å². The van der Waals surface area contributed by atoms with Crippen molar-refractivity contribution in [1.82, 2.24) is 5.32 Å². The minimum atomic E-state index is -0.221. The fourth-order valence-electron chi connectivity index (χ4n) is 1.02. The molecule has 0 saturated carbocycles. The number of nitrogens with one attached hydrogen (secondary N) is 1. The third kappa shape index (κ3) is 12.2. The molecule has 0 aliphatic heterocycles. The standard InChI is InChI=1S/C12H27NOS/c1-10(2)6-7-15-9-11(14)8-13-12(3,4)5/h10-11,13-14H,6-9H2,1-5H3. The van der Waals surface area contributed by atoms with Gasteiger partial charge in [-0.25, -0.2) is 0 Å². The summed E-state index contributed by atoms with van der Waals surface area (Å²) >= 11 is 1.85. The maximum absolute atomic E-state index is 9.69. The molecule has 0 amide bonds. The van der Waals surface area contributed by atoms with Gasteiger partial charge in [0.2, 0.25) is 0 Å². The molecule has 0 fully saturated rings. The Bertz CT molecular complexity index is 154. The highest BCUT2D eigenvalue weighted by Crippen LogP contribution is 2.10. The first-order valence-electron chi connectivity index (χ1n) is 5.82. The average molecular weight is 233 g/mol. The number of β-amino-alcohol motifs (C(OH)–C–C–N with tert-alkyl or cyclic N) is 1. The van der Waals surface area contributed by atoms with Gasteiger partial charge in [-0.3, -0.25) is 0 Å². The van der Waals surface area contributed by atoms with Crippen LogP contribution in [0.4, 0.5) is 0 Å². The molecule has 3 heteroatoms. The van der Waals surface area contributed by atoms with Crippen LogP contribution in [-0.2, 0) is 0 Å². The average Bonchev–Trinajstić information content (AvgIpc) is 2.07. The number of aliphatic hydroxyl groups excluding tert-OH is 1. The van der Waals surface area contributed by atoms with Gasteiger partial charge in [-0.1, -0.05) is 13.8 Å². The molecule has 0 aliphatic carbocycles. The van der Waals surface area contributed by atoms with Crippen molar-refractivity contribution in [1.29, 1.82) is 0 Å². The number of thioether (sulfide) groups is 1. The summed E-state index contributed by atoms with van der Waals surface area (Å²) in [5, 5.41) is 13.0. The summed E-state index contributed by atoms with van der Waals surface area (Å²) in [5.41, 5.74) is 0.101. The van der Waals surface area contributed by atoms with Crippen molar-refractivity contribution in [3.05, 3.63) is 0 Å². The van der Waals surface area contributed by atoms with Crippen LogP contribution in [0.3, 0.4) is 0 Å². The van der Waals surface area contributed by atoms with Gasteiger partial charge in [0.1, 0.15) is 0 Å². The van der Waals surface area contributed by atoms with Gasteiger partial charge in [-0.15, -0.1) is 0 Å². The summed E-state index contributed by atoms with van der Waals surface area (Å²) < 4.78 is 0. The molecule has 0 radical (unpaired) electrons. The predicted molar refractivity (Wildman–Crippen MR) is 70.5 cm³/mol. The Morgan fingerprint density at radius 3 is 2.33 bits per heavy atom. The van der Waals surface area contributed by atoms with E-state index in [4.69, 9.17) is 0 Å². The Labute approximate surface area is 99.2 Å². The van der Waals surface area contributed by atoms with E-state index in [9.17, 15) is 5.11 Å². The van der Waals surface area contributed by atoms with E-state index in [1.807, 2.05) is 11.8 Å². The Hall–Kier alpha value is 0.270. The van der Waals surface area contributed by atoms with Crippen molar-refractivity contribution < 1.29 is 5.11 Å². The first kappa shape index (κ1) is 15.3. The maximum atomic E-state index is 9.69.